The lowest BCUT2D eigenvalue weighted by atomic mass is 10.1. The normalized spacial score (nSPS) is 10.5. The molecule has 6 nitrogen and oxygen atoms in total. The highest BCUT2D eigenvalue weighted by Crippen LogP contribution is 2.22. The molecule has 0 aliphatic rings. The Morgan fingerprint density at radius 2 is 2.00 bits per heavy atom. The van der Waals surface area contributed by atoms with Crippen molar-refractivity contribution in [2.45, 2.75) is 6.92 Å². The van der Waals surface area contributed by atoms with Gasteiger partial charge in [0.25, 0.3) is 5.91 Å². The van der Waals surface area contributed by atoms with Gasteiger partial charge in [-0.15, -0.1) is 5.10 Å². The molecule has 22 heavy (non-hydrogen) atoms. The third kappa shape index (κ3) is 2.56. The third-order valence-corrected chi connectivity index (χ3v) is 3.27. The van der Waals surface area contributed by atoms with Crippen LogP contribution in [-0.2, 0) is 0 Å². The first kappa shape index (κ1) is 13.9. The molecule has 0 aliphatic carbocycles. The summed E-state index contributed by atoms with van der Waals surface area (Å²) in [5.74, 6) is -1.07. The molecule has 2 aromatic carbocycles. The number of benzene rings is 2. The number of aromatic nitrogens is 4. The molecule has 3 aromatic rings. The van der Waals surface area contributed by atoms with E-state index < -0.39 is 11.7 Å². The summed E-state index contributed by atoms with van der Waals surface area (Å²) in [6, 6.07) is 11.2. The van der Waals surface area contributed by atoms with E-state index in [-0.39, 0.29) is 5.56 Å². The molecule has 0 unspecified atom stereocenters. The maximum absolute atomic E-state index is 13.7. The van der Waals surface area contributed by atoms with Crippen molar-refractivity contribution in [2.75, 3.05) is 5.32 Å². The number of amides is 1. The van der Waals surface area contributed by atoms with Gasteiger partial charge in [-0.25, -0.2) is 9.07 Å². The zero-order chi connectivity index (χ0) is 15.5. The minimum atomic E-state index is -0.561. The number of halogens is 1. The van der Waals surface area contributed by atoms with Crippen molar-refractivity contribution in [3.8, 4) is 5.69 Å². The predicted molar refractivity (Wildman–Crippen MR) is 78.2 cm³/mol. The van der Waals surface area contributed by atoms with Crippen LogP contribution in [0, 0.1) is 12.7 Å². The second kappa shape index (κ2) is 5.72. The Kier molecular flexibility index (Phi) is 3.61. The van der Waals surface area contributed by atoms with Crippen LogP contribution >= 0.6 is 0 Å². The van der Waals surface area contributed by atoms with Crippen molar-refractivity contribution in [2.24, 2.45) is 0 Å². The molecule has 7 heteroatoms. The van der Waals surface area contributed by atoms with E-state index in [0.29, 0.717) is 5.69 Å². The predicted octanol–water partition coefficient (Wildman–Crippen LogP) is 2.36. The van der Waals surface area contributed by atoms with Gasteiger partial charge >= 0.3 is 0 Å². The van der Waals surface area contributed by atoms with Crippen LogP contribution in [0.5, 0.6) is 0 Å². The Bertz CT molecular complexity index is 817. The van der Waals surface area contributed by atoms with Crippen molar-refractivity contribution < 1.29 is 9.18 Å². The van der Waals surface area contributed by atoms with Crippen molar-refractivity contribution in [3.63, 3.8) is 0 Å². The largest absolute Gasteiger partial charge is 0.322 e. The van der Waals surface area contributed by atoms with E-state index in [9.17, 15) is 9.18 Å². The fraction of sp³-hybridized carbons (Fsp3) is 0.0667. The van der Waals surface area contributed by atoms with Crippen LogP contribution in [0.1, 0.15) is 15.9 Å². The van der Waals surface area contributed by atoms with Gasteiger partial charge in [-0.05, 0) is 47.2 Å². The van der Waals surface area contributed by atoms with Gasteiger partial charge < -0.3 is 5.32 Å². The summed E-state index contributed by atoms with van der Waals surface area (Å²) in [6.07, 6.45) is 1.46. The molecular weight excluding hydrogens is 285 g/mol. The van der Waals surface area contributed by atoms with E-state index in [4.69, 9.17) is 0 Å². The molecular formula is C15H12FN5O. The smallest absolute Gasteiger partial charge is 0.258 e. The average Bonchev–Trinajstić information content (AvgIpc) is 3.04. The van der Waals surface area contributed by atoms with Crippen molar-refractivity contribution >= 4 is 11.6 Å². The summed E-state index contributed by atoms with van der Waals surface area (Å²) >= 11 is 0. The first-order chi connectivity index (χ1) is 10.7. The van der Waals surface area contributed by atoms with Gasteiger partial charge in [0, 0.05) is 5.69 Å². The molecule has 1 heterocycles. The summed E-state index contributed by atoms with van der Waals surface area (Å²) in [6.45, 7) is 1.83. The van der Waals surface area contributed by atoms with E-state index in [0.717, 1.165) is 11.3 Å². The van der Waals surface area contributed by atoms with Gasteiger partial charge in [0.15, 0.2) is 0 Å². The fourth-order valence-electron chi connectivity index (χ4n) is 2.11. The second-order valence-corrected chi connectivity index (χ2v) is 4.64. The molecule has 3 rings (SSSR count). The third-order valence-electron chi connectivity index (χ3n) is 3.27. The summed E-state index contributed by atoms with van der Waals surface area (Å²) in [4.78, 5) is 12.2. The van der Waals surface area contributed by atoms with Crippen LogP contribution in [0.2, 0.25) is 0 Å². The lowest BCUT2D eigenvalue weighted by Gasteiger charge is -2.12. The summed E-state index contributed by atoms with van der Waals surface area (Å²) in [5, 5.41) is 13.7. The number of hydrogen-bond donors (Lipinski definition) is 1. The van der Waals surface area contributed by atoms with Crippen molar-refractivity contribution in [3.05, 3.63) is 65.7 Å². The summed E-state index contributed by atoms with van der Waals surface area (Å²) < 4.78 is 15.1. The lowest BCUT2D eigenvalue weighted by molar-refractivity contribution is 0.102. The SMILES string of the molecule is Cc1c(NC(=O)c2ccccc2F)cccc1-n1cnnn1. The van der Waals surface area contributed by atoms with Gasteiger partial charge in [-0.2, -0.15) is 0 Å². The van der Waals surface area contributed by atoms with Crippen LogP contribution in [0.25, 0.3) is 5.69 Å². The van der Waals surface area contributed by atoms with Crippen LogP contribution < -0.4 is 5.32 Å². The second-order valence-electron chi connectivity index (χ2n) is 4.64. The standard InChI is InChI=1S/C15H12FN5O/c1-10-13(7-4-8-14(10)21-9-17-19-20-21)18-15(22)11-5-2-3-6-12(11)16/h2-9H,1H3,(H,18,22). The van der Waals surface area contributed by atoms with Gasteiger partial charge in [-0.3, -0.25) is 4.79 Å². The minimum absolute atomic E-state index is 0.00488. The van der Waals surface area contributed by atoms with E-state index in [1.807, 2.05) is 13.0 Å². The van der Waals surface area contributed by atoms with Crippen LogP contribution in [-0.4, -0.2) is 26.1 Å². The van der Waals surface area contributed by atoms with Gasteiger partial charge in [-0.1, -0.05) is 18.2 Å². The molecule has 1 N–H and O–H groups in total. The number of carbonyl (C=O) groups is 1. The number of hydrogen-bond acceptors (Lipinski definition) is 4. The molecule has 1 amide bonds. The molecule has 0 spiro atoms. The average molecular weight is 297 g/mol. The molecule has 0 saturated carbocycles. The number of anilines is 1. The highest BCUT2D eigenvalue weighted by molar-refractivity contribution is 6.05. The molecule has 0 saturated heterocycles. The Morgan fingerprint density at radius 3 is 2.73 bits per heavy atom. The monoisotopic (exact) mass is 297 g/mol. The highest BCUT2D eigenvalue weighted by Gasteiger charge is 2.13. The first-order valence-electron chi connectivity index (χ1n) is 6.55. The topological polar surface area (TPSA) is 72.7 Å². The van der Waals surface area contributed by atoms with Crippen LogP contribution in [0.3, 0.4) is 0 Å². The van der Waals surface area contributed by atoms with Gasteiger partial charge in [0.2, 0.25) is 0 Å². The van der Waals surface area contributed by atoms with Gasteiger partial charge in [0.1, 0.15) is 12.1 Å². The number of tetrazole rings is 1. The molecule has 0 atom stereocenters. The lowest BCUT2D eigenvalue weighted by Crippen LogP contribution is -2.15. The molecule has 0 fully saturated rings. The maximum atomic E-state index is 13.7. The Morgan fingerprint density at radius 1 is 1.18 bits per heavy atom. The van der Waals surface area contributed by atoms with Gasteiger partial charge in [0.05, 0.1) is 11.3 Å². The zero-order valence-electron chi connectivity index (χ0n) is 11.7. The molecule has 0 radical (unpaired) electrons. The highest BCUT2D eigenvalue weighted by atomic mass is 19.1. The Balaban J connectivity index is 1.92. The van der Waals surface area contributed by atoms with Crippen LogP contribution in [0.15, 0.2) is 48.8 Å². The first-order valence-corrected chi connectivity index (χ1v) is 6.55. The molecule has 0 bridgehead atoms. The number of nitrogens with zero attached hydrogens (tertiary/aromatic N) is 4. The Labute approximate surface area is 125 Å². The van der Waals surface area contributed by atoms with E-state index >= 15 is 0 Å². The molecule has 1 aromatic heterocycles. The summed E-state index contributed by atoms with van der Waals surface area (Å²) in [5.41, 5.74) is 2.08. The van der Waals surface area contributed by atoms with E-state index in [1.54, 1.807) is 18.2 Å². The quantitative estimate of drug-likeness (QED) is 0.805. The minimum Gasteiger partial charge on any atom is -0.322 e. The van der Waals surface area contributed by atoms with Crippen LogP contribution in [0.4, 0.5) is 10.1 Å². The number of nitrogens with one attached hydrogen (secondary N) is 1. The Hall–Kier alpha value is -3.09. The number of carbonyl (C=O) groups excluding carboxylic acids is 1. The van der Waals surface area contributed by atoms with Crippen molar-refractivity contribution in [1.29, 1.82) is 0 Å². The maximum Gasteiger partial charge on any atom is 0.258 e. The number of rotatable bonds is 3. The van der Waals surface area contributed by atoms with E-state index in [2.05, 4.69) is 20.8 Å². The summed E-state index contributed by atoms with van der Waals surface area (Å²) in [7, 11) is 0. The van der Waals surface area contributed by atoms with Crippen molar-refractivity contribution in [1.82, 2.24) is 20.2 Å². The fourth-order valence-corrected chi connectivity index (χ4v) is 2.11. The molecule has 110 valence electrons. The molecule has 0 aliphatic heterocycles. The van der Waals surface area contributed by atoms with E-state index in [1.165, 1.54) is 29.2 Å². The zero-order valence-corrected chi connectivity index (χ0v) is 11.7.